The molecule has 0 atom stereocenters. The van der Waals surface area contributed by atoms with Crippen molar-refractivity contribution in [3.8, 4) is 0 Å². The van der Waals surface area contributed by atoms with Crippen LogP contribution < -0.4 is 0 Å². The van der Waals surface area contributed by atoms with Gasteiger partial charge >= 0.3 is 0 Å². The molecule has 0 saturated carbocycles. The van der Waals surface area contributed by atoms with Crippen molar-refractivity contribution in [2.75, 3.05) is 0 Å². The SMILES string of the molecule is CC.CCc1ccc(C(C)(C)C)cc1[N+](=O)[O-]. The third kappa shape index (κ3) is 4.17. The molecular weight excluding hydrogens is 214 g/mol. The summed E-state index contributed by atoms with van der Waals surface area (Å²) >= 11 is 0. The second-order valence-electron chi connectivity index (χ2n) is 4.70. The zero-order valence-corrected chi connectivity index (χ0v) is 11.7. The van der Waals surface area contributed by atoms with Crippen LogP contribution in [0.15, 0.2) is 18.2 Å². The fourth-order valence-corrected chi connectivity index (χ4v) is 1.50. The Hall–Kier alpha value is -1.38. The maximum absolute atomic E-state index is 10.9. The van der Waals surface area contributed by atoms with Gasteiger partial charge in [0.25, 0.3) is 5.69 Å². The van der Waals surface area contributed by atoms with Crippen LogP contribution in [0.1, 0.15) is 52.7 Å². The highest BCUT2D eigenvalue weighted by Gasteiger charge is 2.19. The molecule has 1 rings (SSSR count). The predicted octanol–water partition coefficient (Wildman–Crippen LogP) is 4.48. The molecule has 0 radical (unpaired) electrons. The average molecular weight is 237 g/mol. The monoisotopic (exact) mass is 237 g/mol. The molecule has 0 unspecified atom stereocenters. The van der Waals surface area contributed by atoms with Gasteiger partial charge in [0.1, 0.15) is 0 Å². The second kappa shape index (κ2) is 6.38. The van der Waals surface area contributed by atoms with Gasteiger partial charge in [-0.2, -0.15) is 0 Å². The number of hydrogen-bond donors (Lipinski definition) is 0. The molecule has 0 N–H and O–H groups in total. The molecule has 17 heavy (non-hydrogen) atoms. The topological polar surface area (TPSA) is 43.1 Å². The largest absolute Gasteiger partial charge is 0.272 e. The van der Waals surface area contributed by atoms with E-state index in [-0.39, 0.29) is 16.0 Å². The van der Waals surface area contributed by atoms with Crippen molar-refractivity contribution in [1.29, 1.82) is 0 Å². The summed E-state index contributed by atoms with van der Waals surface area (Å²) in [7, 11) is 0. The minimum Gasteiger partial charge on any atom is -0.258 e. The number of nitro benzene ring substituents is 1. The fourth-order valence-electron chi connectivity index (χ4n) is 1.50. The molecule has 0 aliphatic rings. The van der Waals surface area contributed by atoms with Crippen LogP contribution >= 0.6 is 0 Å². The van der Waals surface area contributed by atoms with Crippen molar-refractivity contribution in [2.45, 2.75) is 53.4 Å². The third-order valence-electron chi connectivity index (χ3n) is 2.53. The van der Waals surface area contributed by atoms with E-state index in [4.69, 9.17) is 0 Å². The molecule has 0 aliphatic heterocycles. The number of nitro groups is 1. The first kappa shape index (κ1) is 15.6. The molecule has 0 amide bonds. The molecule has 3 heteroatoms. The third-order valence-corrected chi connectivity index (χ3v) is 2.53. The van der Waals surface area contributed by atoms with Gasteiger partial charge in [-0.3, -0.25) is 10.1 Å². The minimum absolute atomic E-state index is 0.0446. The summed E-state index contributed by atoms with van der Waals surface area (Å²) in [5.41, 5.74) is 2.00. The Labute approximate surface area is 104 Å². The predicted molar refractivity (Wildman–Crippen MR) is 72.5 cm³/mol. The summed E-state index contributed by atoms with van der Waals surface area (Å²) in [4.78, 5) is 10.6. The van der Waals surface area contributed by atoms with Gasteiger partial charge < -0.3 is 0 Å². The van der Waals surface area contributed by atoms with Crippen molar-refractivity contribution in [3.63, 3.8) is 0 Å². The van der Waals surface area contributed by atoms with E-state index in [1.54, 1.807) is 6.07 Å². The molecule has 0 heterocycles. The van der Waals surface area contributed by atoms with Crippen molar-refractivity contribution in [3.05, 3.63) is 39.4 Å². The second-order valence-corrected chi connectivity index (χ2v) is 4.70. The lowest BCUT2D eigenvalue weighted by Crippen LogP contribution is -2.11. The minimum atomic E-state index is -0.298. The average Bonchev–Trinajstić information content (AvgIpc) is 2.29. The molecule has 3 nitrogen and oxygen atoms in total. The number of benzene rings is 1. The zero-order chi connectivity index (χ0) is 13.6. The number of aryl methyl sites for hydroxylation is 1. The van der Waals surface area contributed by atoms with Gasteiger partial charge in [0.05, 0.1) is 4.92 Å². The van der Waals surface area contributed by atoms with Crippen LogP contribution in [0.3, 0.4) is 0 Å². The Kier molecular flexibility index (Phi) is 5.86. The van der Waals surface area contributed by atoms with E-state index in [9.17, 15) is 10.1 Å². The van der Waals surface area contributed by atoms with Crippen molar-refractivity contribution in [2.24, 2.45) is 0 Å². The van der Waals surface area contributed by atoms with E-state index < -0.39 is 0 Å². The lowest BCUT2D eigenvalue weighted by atomic mass is 9.86. The van der Waals surface area contributed by atoms with E-state index in [0.717, 1.165) is 11.1 Å². The first-order valence-corrected chi connectivity index (χ1v) is 6.14. The molecule has 0 spiro atoms. The Morgan fingerprint density at radius 2 is 1.76 bits per heavy atom. The maximum atomic E-state index is 10.9. The summed E-state index contributed by atoms with van der Waals surface area (Å²) in [5.74, 6) is 0. The van der Waals surface area contributed by atoms with Crippen molar-refractivity contribution >= 4 is 5.69 Å². The first-order valence-electron chi connectivity index (χ1n) is 6.14. The molecule has 0 aromatic heterocycles. The smallest absolute Gasteiger partial charge is 0.258 e. The molecule has 0 aliphatic carbocycles. The van der Waals surface area contributed by atoms with Crippen LogP contribution in [0.5, 0.6) is 0 Å². The van der Waals surface area contributed by atoms with Gasteiger partial charge in [-0.1, -0.05) is 53.7 Å². The molecular formula is C14H23NO2. The first-order chi connectivity index (χ1) is 7.86. The Balaban J connectivity index is 0.00000121. The van der Waals surface area contributed by atoms with Crippen LogP contribution in [0.4, 0.5) is 5.69 Å². The summed E-state index contributed by atoms with van der Waals surface area (Å²) in [6.45, 7) is 12.1. The molecule has 0 fully saturated rings. The van der Waals surface area contributed by atoms with E-state index >= 15 is 0 Å². The Morgan fingerprint density at radius 1 is 1.24 bits per heavy atom. The van der Waals surface area contributed by atoms with E-state index in [1.807, 2.05) is 32.9 Å². The van der Waals surface area contributed by atoms with Gasteiger partial charge in [0, 0.05) is 11.6 Å². The Bertz CT molecular complexity index is 378. The highest BCUT2D eigenvalue weighted by Crippen LogP contribution is 2.28. The maximum Gasteiger partial charge on any atom is 0.272 e. The summed E-state index contributed by atoms with van der Waals surface area (Å²) in [5, 5.41) is 10.9. The van der Waals surface area contributed by atoms with E-state index in [0.29, 0.717) is 6.42 Å². The van der Waals surface area contributed by atoms with E-state index in [1.165, 1.54) is 0 Å². The van der Waals surface area contributed by atoms with Gasteiger partial charge in [-0.05, 0) is 17.4 Å². The lowest BCUT2D eigenvalue weighted by molar-refractivity contribution is -0.385. The zero-order valence-electron chi connectivity index (χ0n) is 11.7. The molecule has 0 bridgehead atoms. The highest BCUT2D eigenvalue weighted by atomic mass is 16.6. The van der Waals surface area contributed by atoms with Crippen LogP contribution in [0.2, 0.25) is 0 Å². The van der Waals surface area contributed by atoms with Crippen LogP contribution in [0.25, 0.3) is 0 Å². The highest BCUT2D eigenvalue weighted by molar-refractivity contribution is 5.45. The standard InChI is InChI=1S/C12H17NO2.C2H6/c1-5-9-6-7-10(12(2,3)4)8-11(9)13(14)15;1-2/h6-8H,5H2,1-4H3;1-2H3. The van der Waals surface area contributed by atoms with Crippen molar-refractivity contribution < 1.29 is 4.92 Å². The lowest BCUT2D eigenvalue weighted by Gasteiger charge is -2.19. The quantitative estimate of drug-likeness (QED) is 0.562. The fraction of sp³-hybridized carbons (Fsp3) is 0.571. The molecule has 96 valence electrons. The van der Waals surface area contributed by atoms with Gasteiger partial charge in [0.2, 0.25) is 0 Å². The molecule has 1 aromatic rings. The summed E-state index contributed by atoms with van der Waals surface area (Å²) < 4.78 is 0. The Morgan fingerprint density at radius 3 is 2.12 bits per heavy atom. The summed E-state index contributed by atoms with van der Waals surface area (Å²) in [6, 6.07) is 5.53. The number of hydrogen-bond acceptors (Lipinski definition) is 2. The van der Waals surface area contributed by atoms with Crippen molar-refractivity contribution in [1.82, 2.24) is 0 Å². The van der Waals surface area contributed by atoms with Crippen LogP contribution in [-0.2, 0) is 11.8 Å². The van der Waals surface area contributed by atoms with Gasteiger partial charge in [-0.25, -0.2) is 0 Å². The molecule has 1 aromatic carbocycles. The van der Waals surface area contributed by atoms with Crippen LogP contribution in [-0.4, -0.2) is 4.92 Å². The normalized spacial score (nSPS) is 10.5. The van der Waals surface area contributed by atoms with E-state index in [2.05, 4.69) is 20.8 Å². The van der Waals surface area contributed by atoms with Crippen LogP contribution in [0, 0.1) is 10.1 Å². The number of rotatable bonds is 2. The number of nitrogens with zero attached hydrogens (tertiary/aromatic N) is 1. The molecule has 0 saturated heterocycles. The summed E-state index contributed by atoms with van der Waals surface area (Å²) in [6.07, 6.45) is 0.695. The van der Waals surface area contributed by atoms with Gasteiger partial charge in [-0.15, -0.1) is 0 Å². The van der Waals surface area contributed by atoms with Gasteiger partial charge in [0.15, 0.2) is 0 Å².